The average molecular weight is 206 g/mol. The van der Waals surface area contributed by atoms with E-state index in [0.29, 0.717) is 6.42 Å². The van der Waals surface area contributed by atoms with E-state index >= 15 is 0 Å². The Morgan fingerprint density at radius 2 is 2.21 bits per heavy atom. The summed E-state index contributed by atoms with van der Waals surface area (Å²) in [5.41, 5.74) is 0. The van der Waals surface area contributed by atoms with Gasteiger partial charge in [-0.05, 0) is 6.42 Å². The number of halogens is 2. The molecule has 82 valence electrons. The maximum atomic E-state index is 12.7. The fraction of sp³-hybridized carbons (Fsp3) is 0.900. The molecule has 0 aromatic heterocycles. The van der Waals surface area contributed by atoms with Crippen LogP contribution in [0.5, 0.6) is 0 Å². The zero-order valence-electron chi connectivity index (χ0n) is 8.56. The van der Waals surface area contributed by atoms with E-state index in [1.165, 1.54) is 6.92 Å². The van der Waals surface area contributed by atoms with Crippen LogP contribution in [-0.4, -0.2) is 18.0 Å². The van der Waals surface area contributed by atoms with Crippen LogP contribution in [0, 0.1) is 5.92 Å². The van der Waals surface area contributed by atoms with Crippen LogP contribution in [0.25, 0.3) is 0 Å². The third-order valence-corrected chi connectivity index (χ3v) is 2.48. The number of carbonyl (C=O) groups excluding carboxylic acids is 1. The Balaban J connectivity index is 2.42. The predicted octanol–water partition coefficient (Wildman–Crippen LogP) is 2.76. The summed E-state index contributed by atoms with van der Waals surface area (Å²) < 4.78 is 30.4. The number of ether oxygens (including phenoxy) is 1. The predicted molar refractivity (Wildman–Crippen MR) is 48.1 cm³/mol. The van der Waals surface area contributed by atoms with E-state index in [2.05, 4.69) is 0 Å². The second kappa shape index (κ2) is 4.24. The maximum Gasteiger partial charge on any atom is 0.302 e. The van der Waals surface area contributed by atoms with Crippen molar-refractivity contribution in [3.8, 4) is 0 Å². The third-order valence-electron chi connectivity index (χ3n) is 2.48. The largest absolute Gasteiger partial charge is 0.462 e. The molecule has 0 saturated heterocycles. The minimum absolute atomic E-state index is 0.130. The van der Waals surface area contributed by atoms with E-state index in [-0.39, 0.29) is 6.42 Å². The van der Waals surface area contributed by atoms with Crippen molar-refractivity contribution in [1.82, 2.24) is 0 Å². The van der Waals surface area contributed by atoms with E-state index in [0.717, 1.165) is 12.8 Å². The SMILES string of the molecule is CCCCC(OC(C)=O)C1CC1(F)F. The molecule has 1 aliphatic rings. The van der Waals surface area contributed by atoms with Gasteiger partial charge in [0.05, 0.1) is 5.92 Å². The normalized spacial score (nSPS) is 25.6. The molecule has 4 heteroatoms. The summed E-state index contributed by atoms with van der Waals surface area (Å²) in [6.45, 7) is 3.25. The number of hydrogen-bond acceptors (Lipinski definition) is 2. The van der Waals surface area contributed by atoms with Crippen LogP contribution < -0.4 is 0 Å². The van der Waals surface area contributed by atoms with Crippen molar-refractivity contribution in [3.05, 3.63) is 0 Å². The van der Waals surface area contributed by atoms with Crippen LogP contribution in [-0.2, 0) is 9.53 Å². The van der Waals surface area contributed by atoms with Gasteiger partial charge in [-0.15, -0.1) is 0 Å². The van der Waals surface area contributed by atoms with Gasteiger partial charge in [0.15, 0.2) is 0 Å². The van der Waals surface area contributed by atoms with Crippen molar-refractivity contribution in [1.29, 1.82) is 0 Å². The molecule has 1 rings (SSSR count). The van der Waals surface area contributed by atoms with Gasteiger partial charge in [-0.2, -0.15) is 0 Å². The standard InChI is InChI=1S/C10H16F2O2/c1-3-4-5-9(14-7(2)13)8-6-10(8,11)12/h8-9H,3-6H2,1-2H3. The fourth-order valence-corrected chi connectivity index (χ4v) is 1.60. The molecule has 2 unspecified atom stereocenters. The summed E-state index contributed by atoms with van der Waals surface area (Å²) in [5.74, 6) is -3.81. The van der Waals surface area contributed by atoms with Gasteiger partial charge < -0.3 is 4.74 Å². The molecule has 2 atom stereocenters. The average Bonchev–Trinajstić information content (AvgIpc) is 2.68. The lowest BCUT2D eigenvalue weighted by Gasteiger charge is -2.15. The summed E-state index contributed by atoms with van der Waals surface area (Å²) in [7, 11) is 0. The molecule has 14 heavy (non-hydrogen) atoms. The van der Waals surface area contributed by atoms with Crippen molar-refractivity contribution in [2.24, 2.45) is 5.92 Å². The molecule has 0 spiro atoms. The number of esters is 1. The zero-order valence-corrected chi connectivity index (χ0v) is 8.56. The van der Waals surface area contributed by atoms with Gasteiger partial charge in [0.1, 0.15) is 6.10 Å². The first kappa shape index (κ1) is 11.4. The monoisotopic (exact) mass is 206 g/mol. The second-order valence-electron chi connectivity index (χ2n) is 3.86. The maximum absolute atomic E-state index is 12.7. The molecule has 2 nitrogen and oxygen atoms in total. The second-order valence-corrected chi connectivity index (χ2v) is 3.86. The number of alkyl halides is 2. The minimum atomic E-state index is -2.60. The fourth-order valence-electron chi connectivity index (χ4n) is 1.60. The lowest BCUT2D eigenvalue weighted by molar-refractivity contribution is -0.149. The van der Waals surface area contributed by atoms with Crippen LogP contribution in [0.3, 0.4) is 0 Å². The molecule has 1 aliphatic carbocycles. The lowest BCUT2D eigenvalue weighted by atomic mass is 10.1. The molecule has 0 radical (unpaired) electrons. The van der Waals surface area contributed by atoms with Crippen molar-refractivity contribution < 1.29 is 18.3 Å². The Kier molecular flexibility index (Phi) is 3.45. The van der Waals surface area contributed by atoms with Crippen LogP contribution in [0.1, 0.15) is 39.5 Å². The molecule has 0 N–H and O–H groups in total. The molecule has 0 heterocycles. The van der Waals surface area contributed by atoms with Gasteiger partial charge in [0, 0.05) is 13.3 Å². The first-order valence-electron chi connectivity index (χ1n) is 5.02. The highest BCUT2D eigenvalue weighted by Gasteiger charge is 2.61. The molecular weight excluding hydrogens is 190 g/mol. The first-order valence-corrected chi connectivity index (χ1v) is 5.02. The van der Waals surface area contributed by atoms with Gasteiger partial charge in [0.2, 0.25) is 0 Å². The van der Waals surface area contributed by atoms with E-state index in [1.54, 1.807) is 0 Å². The highest BCUT2D eigenvalue weighted by atomic mass is 19.3. The molecule has 0 aromatic rings. The molecule has 1 fully saturated rings. The van der Waals surface area contributed by atoms with E-state index in [9.17, 15) is 13.6 Å². The number of rotatable bonds is 5. The van der Waals surface area contributed by atoms with Gasteiger partial charge in [-0.25, -0.2) is 8.78 Å². The van der Waals surface area contributed by atoms with Gasteiger partial charge in [-0.3, -0.25) is 4.79 Å². The van der Waals surface area contributed by atoms with Crippen molar-refractivity contribution in [2.75, 3.05) is 0 Å². The quantitative estimate of drug-likeness (QED) is 0.646. The van der Waals surface area contributed by atoms with Crippen molar-refractivity contribution in [2.45, 2.75) is 51.6 Å². The van der Waals surface area contributed by atoms with E-state index < -0.39 is 23.9 Å². The van der Waals surface area contributed by atoms with Crippen LogP contribution >= 0.6 is 0 Å². The summed E-state index contributed by atoms with van der Waals surface area (Å²) in [6.07, 6.45) is 1.59. The summed E-state index contributed by atoms with van der Waals surface area (Å²) >= 11 is 0. The Labute approximate surface area is 82.6 Å². The topological polar surface area (TPSA) is 26.3 Å². The first-order chi connectivity index (χ1) is 6.47. The highest BCUT2D eigenvalue weighted by molar-refractivity contribution is 5.66. The molecule has 0 amide bonds. The number of hydrogen-bond donors (Lipinski definition) is 0. The third kappa shape index (κ3) is 2.93. The van der Waals surface area contributed by atoms with Crippen molar-refractivity contribution in [3.63, 3.8) is 0 Å². The van der Waals surface area contributed by atoms with Gasteiger partial charge >= 0.3 is 5.97 Å². The lowest BCUT2D eigenvalue weighted by Crippen LogP contribution is -2.21. The molecule has 1 saturated carbocycles. The number of unbranched alkanes of at least 4 members (excludes halogenated alkanes) is 1. The van der Waals surface area contributed by atoms with Gasteiger partial charge in [-0.1, -0.05) is 19.8 Å². The summed E-state index contributed by atoms with van der Waals surface area (Å²) in [5, 5.41) is 0. The van der Waals surface area contributed by atoms with Crippen molar-refractivity contribution >= 4 is 5.97 Å². The molecule has 0 bridgehead atoms. The smallest absolute Gasteiger partial charge is 0.302 e. The zero-order chi connectivity index (χ0) is 10.8. The summed E-state index contributed by atoms with van der Waals surface area (Å²) in [6, 6.07) is 0. The Bertz CT molecular complexity index is 216. The summed E-state index contributed by atoms with van der Waals surface area (Å²) in [4.78, 5) is 10.7. The molecular formula is C10H16F2O2. The van der Waals surface area contributed by atoms with Gasteiger partial charge in [0.25, 0.3) is 5.92 Å². The van der Waals surface area contributed by atoms with E-state index in [1.807, 2.05) is 6.92 Å². The Morgan fingerprint density at radius 1 is 1.64 bits per heavy atom. The molecule has 0 aromatic carbocycles. The van der Waals surface area contributed by atoms with Crippen LogP contribution in [0.4, 0.5) is 8.78 Å². The van der Waals surface area contributed by atoms with E-state index in [4.69, 9.17) is 4.74 Å². The minimum Gasteiger partial charge on any atom is -0.462 e. The highest BCUT2D eigenvalue weighted by Crippen LogP contribution is 2.52. The Hall–Kier alpha value is -0.670. The number of carbonyl (C=O) groups is 1. The molecule has 0 aliphatic heterocycles. The van der Waals surface area contributed by atoms with Crippen LogP contribution in [0.15, 0.2) is 0 Å². The van der Waals surface area contributed by atoms with Crippen LogP contribution in [0.2, 0.25) is 0 Å². The Morgan fingerprint density at radius 3 is 2.57 bits per heavy atom.